The Morgan fingerprint density at radius 3 is 2.24 bits per heavy atom. The summed E-state index contributed by atoms with van der Waals surface area (Å²) in [7, 11) is 0. The largest absolute Gasteiger partial charge is 2.00 e. The van der Waals surface area contributed by atoms with Crippen LogP contribution in [0.2, 0.25) is 0 Å². The molecule has 1 fully saturated rings. The second-order valence-electron chi connectivity index (χ2n) is 17.9. The summed E-state index contributed by atoms with van der Waals surface area (Å²) in [6.45, 7) is 21.0. The average molecular weight is 909 g/mol. The molecule has 1 saturated carbocycles. The van der Waals surface area contributed by atoms with Gasteiger partial charge in [0.25, 0.3) is 0 Å². The van der Waals surface area contributed by atoms with Gasteiger partial charge in [-0.05, 0) is 107 Å². The van der Waals surface area contributed by atoms with Gasteiger partial charge in [-0.3, -0.25) is 4.99 Å². The number of benzene rings is 4. The van der Waals surface area contributed by atoms with E-state index in [4.69, 9.17) is 14.7 Å². The predicted octanol–water partition coefficient (Wildman–Crippen LogP) is 13.1. The summed E-state index contributed by atoms with van der Waals surface area (Å²) in [5, 5.41) is 2.36. The monoisotopic (exact) mass is 908 g/mol. The molecular weight excluding hydrogens is 854 g/mol. The van der Waals surface area contributed by atoms with E-state index in [9.17, 15) is 0 Å². The number of hydrogen-bond acceptors (Lipinski definition) is 3. The van der Waals surface area contributed by atoms with Gasteiger partial charge in [0.15, 0.2) is 0 Å². The molecular formula is C50H55N3OPt. The number of hydrogen-bond donors (Lipinski definition) is 0. The van der Waals surface area contributed by atoms with E-state index in [-0.39, 0.29) is 32.0 Å². The van der Waals surface area contributed by atoms with Crippen LogP contribution in [0.15, 0.2) is 84.0 Å². The molecule has 2 aliphatic rings. The van der Waals surface area contributed by atoms with Crippen molar-refractivity contribution in [3.8, 4) is 28.1 Å². The Kier molecular flexibility index (Phi) is 10.8. The Balaban J connectivity index is 0.00000465. The second-order valence-corrected chi connectivity index (χ2v) is 17.9. The van der Waals surface area contributed by atoms with Crippen LogP contribution >= 0.6 is 0 Å². The van der Waals surface area contributed by atoms with Gasteiger partial charge in [-0.1, -0.05) is 126 Å². The van der Waals surface area contributed by atoms with Crippen molar-refractivity contribution in [3.63, 3.8) is 0 Å². The number of aromatic nitrogens is 2. The zero-order valence-electron chi connectivity index (χ0n) is 34.0. The van der Waals surface area contributed by atoms with Crippen LogP contribution in [-0.2, 0) is 31.2 Å². The molecule has 6 aromatic rings. The SMILES string of the molecule is Cc1ccc2c(c1)c1ccc(-c3cc(C(C)(C)C)ccn3)[c-]c1n2-c1[c-]c(C2=N[C@](C)(C3CCCCC3)CO2)cc(-c2c(C(C)C)cccc2C(C)C)c1.[Pt+2]. The van der Waals surface area contributed by atoms with Crippen molar-refractivity contribution in [3.05, 3.63) is 119 Å². The van der Waals surface area contributed by atoms with Gasteiger partial charge in [0, 0.05) is 11.7 Å². The van der Waals surface area contributed by atoms with E-state index in [1.165, 1.54) is 70.9 Å². The normalized spacial score (nSPS) is 17.9. The predicted molar refractivity (Wildman–Crippen MR) is 226 cm³/mol. The third-order valence-corrected chi connectivity index (χ3v) is 12.1. The van der Waals surface area contributed by atoms with Gasteiger partial charge < -0.3 is 14.3 Å². The molecule has 0 N–H and O–H groups in total. The first-order valence-electron chi connectivity index (χ1n) is 20.2. The summed E-state index contributed by atoms with van der Waals surface area (Å²) >= 11 is 0. The van der Waals surface area contributed by atoms with Gasteiger partial charge in [0.05, 0.1) is 5.54 Å². The fraction of sp³-hybridized carbons (Fsp3) is 0.400. The summed E-state index contributed by atoms with van der Waals surface area (Å²) in [6.07, 6.45) is 8.25. The summed E-state index contributed by atoms with van der Waals surface area (Å²) in [5.74, 6) is 1.96. The fourth-order valence-corrected chi connectivity index (χ4v) is 8.90. The molecule has 1 atom stereocenters. The zero-order valence-corrected chi connectivity index (χ0v) is 36.3. The van der Waals surface area contributed by atoms with E-state index < -0.39 is 0 Å². The second kappa shape index (κ2) is 15.1. The summed E-state index contributed by atoms with van der Waals surface area (Å²) < 4.78 is 8.98. The molecule has 4 nitrogen and oxygen atoms in total. The standard InChI is InChI=1S/C50H55N3O.Pt/c1-31(2)40-16-13-17-41(32(3)4)47(40)35-25-36(48-52-50(9,30-54-48)37-14-11-10-12-15-37)27-39(26-35)53-45-21-18-33(5)24-43(45)42-20-19-34(28-46(42)53)44-29-38(22-23-51-44)49(6,7)8;/h13,16-26,29,31-32,37H,10-12,14-15,30H2,1-9H3;/q-2;+2/t50-;/m0./s1. The molecule has 2 aromatic heterocycles. The quantitative estimate of drug-likeness (QED) is 0.150. The molecule has 3 heterocycles. The van der Waals surface area contributed by atoms with Crippen molar-refractivity contribution >= 4 is 27.7 Å². The molecule has 0 spiro atoms. The van der Waals surface area contributed by atoms with Crippen molar-refractivity contribution in [1.82, 2.24) is 9.55 Å². The Labute approximate surface area is 343 Å². The number of ether oxygens (including phenoxy) is 1. The third-order valence-electron chi connectivity index (χ3n) is 12.1. The Morgan fingerprint density at radius 1 is 0.818 bits per heavy atom. The molecule has 5 heteroatoms. The smallest absolute Gasteiger partial charge is 0.518 e. The maximum Gasteiger partial charge on any atom is 2.00 e. The molecule has 55 heavy (non-hydrogen) atoms. The van der Waals surface area contributed by atoms with Crippen LogP contribution in [0, 0.1) is 25.0 Å². The minimum atomic E-state index is -0.222. The Hall–Kier alpha value is -4.01. The molecule has 4 aromatic carbocycles. The molecule has 1 aliphatic heterocycles. The van der Waals surface area contributed by atoms with E-state index in [1.807, 2.05) is 6.20 Å². The minimum absolute atomic E-state index is 0. The molecule has 286 valence electrons. The van der Waals surface area contributed by atoms with Gasteiger partial charge in [-0.15, -0.1) is 42.0 Å². The number of pyridine rings is 1. The van der Waals surface area contributed by atoms with Gasteiger partial charge in [0.1, 0.15) is 12.5 Å². The first kappa shape index (κ1) is 39.2. The van der Waals surface area contributed by atoms with E-state index in [2.05, 4.69) is 152 Å². The summed E-state index contributed by atoms with van der Waals surface area (Å²) in [5.41, 5.74) is 13.4. The first-order chi connectivity index (χ1) is 25.8. The number of nitrogens with zero attached hydrogens (tertiary/aromatic N) is 3. The molecule has 8 rings (SSSR count). The Bertz CT molecular complexity index is 2380. The fourth-order valence-electron chi connectivity index (χ4n) is 8.90. The Morgan fingerprint density at radius 2 is 1.55 bits per heavy atom. The van der Waals surface area contributed by atoms with Crippen molar-refractivity contribution < 1.29 is 25.8 Å². The van der Waals surface area contributed by atoms with Crippen LogP contribution in [-0.4, -0.2) is 27.6 Å². The molecule has 0 amide bonds. The van der Waals surface area contributed by atoms with Gasteiger partial charge >= 0.3 is 21.1 Å². The zero-order chi connectivity index (χ0) is 37.9. The van der Waals surface area contributed by atoms with Crippen molar-refractivity contribution in [2.75, 3.05) is 6.61 Å². The van der Waals surface area contributed by atoms with Gasteiger partial charge in [0.2, 0.25) is 0 Å². The molecule has 1 aliphatic carbocycles. The first-order valence-corrected chi connectivity index (χ1v) is 20.2. The molecule has 0 bridgehead atoms. The topological polar surface area (TPSA) is 39.4 Å². The maximum absolute atomic E-state index is 6.63. The van der Waals surface area contributed by atoms with E-state index >= 15 is 0 Å². The summed E-state index contributed by atoms with van der Waals surface area (Å²) in [6, 6.07) is 34.8. The van der Waals surface area contributed by atoms with Crippen LogP contribution in [0.4, 0.5) is 0 Å². The van der Waals surface area contributed by atoms with Crippen molar-refractivity contribution in [2.24, 2.45) is 10.9 Å². The van der Waals surface area contributed by atoms with Crippen LogP contribution in [0.3, 0.4) is 0 Å². The maximum atomic E-state index is 6.63. The van der Waals surface area contributed by atoms with Gasteiger partial charge in [-0.25, -0.2) is 0 Å². The van der Waals surface area contributed by atoms with Crippen LogP contribution in [0.25, 0.3) is 49.9 Å². The number of fused-ring (bicyclic) bond motifs is 3. The van der Waals surface area contributed by atoms with E-state index in [0.29, 0.717) is 30.3 Å². The summed E-state index contributed by atoms with van der Waals surface area (Å²) in [4.78, 5) is 10.3. The van der Waals surface area contributed by atoms with E-state index in [0.717, 1.165) is 38.9 Å². The number of rotatable bonds is 7. The number of aliphatic imine (C=N–C) groups is 1. The molecule has 0 saturated heterocycles. The van der Waals surface area contributed by atoms with Crippen LogP contribution in [0.1, 0.15) is 127 Å². The molecule has 0 radical (unpaired) electrons. The average Bonchev–Trinajstić information content (AvgIpc) is 3.72. The van der Waals surface area contributed by atoms with Crippen LogP contribution < -0.4 is 0 Å². The third kappa shape index (κ3) is 7.37. The van der Waals surface area contributed by atoms with Crippen molar-refractivity contribution in [2.45, 2.75) is 117 Å². The van der Waals surface area contributed by atoms with E-state index in [1.54, 1.807) is 0 Å². The number of aryl methyl sites for hydroxylation is 1. The van der Waals surface area contributed by atoms with Crippen molar-refractivity contribution in [1.29, 1.82) is 0 Å². The molecule has 0 unspecified atom stereocenters. The van der Waals surface area contributed by atoms with Gasteiger partial charge in [-0.2, -0.15) is 0 Å². The minimum Gasteiger partial charge on any atom is -0.518 e. The van der Waals surface area contributed by atoms with Crippen LogP contribution in [0.5, 0.6) is 0 Å².